The zero-order chi connectivity index (χ0) is 10.6. The molecule has 1 aromatic rings. The van der Waals surface area contributed by atoms with E-state index >= 15 is 0 Å². The second-order valence-electron chi connectivity index (χ2n) is 4.02. The van der Waals surface area contributed by atoms with Gasteiger partial charge in [-0.05, 0) is 6.92 Å². The molecule has 0 amide bonds. The highest BCUT2D eigenvalue weighted by Crippen LogP contribution is 2.08. The molecule has 80 valence electrons. The Morgan fingerprint density at radius 1 is 1.43 bits per heavy atom. The number of imidazole rings is 1. The van der Waals surface area contributed by atoms with Crippen LogP contribution in [0.3, 0.4) is 0 Å². The van der Waals surface area contributed by atoms with Crippen molar-refractivity contribution in [3.8, 4) is 0 Å². The Balaban J connectivity index is 2.55. The van der Waals surface area contributed by atoms with E-state index in [1.54, 1.807) is 0 Å². The topological polar surface area (TPSA) is 29.9 Å². The van der Waals surface area contributed by atoms with Crippen LogP contribution in [0.5, 0.6) is 0 Å². The number of rotatable bonds is 5. The third-order valence-corrected chi connectivity index (χ3v) is 2.36. The second-order valence-corrected chi connectivity index (χ2v) is 4.02. The summed E-state index contributed by atoms with van der Waals surface area (Å²) < 4.78 is 2.25. The maximum Gasteiger partial charge on any atom is 0.108 e. The van der Waals surface area contributed by atoms with Crippen molar-refractivity contribution in [3.63, 3.8) is 0 Å². The van der Waals surface area contributed by atoms with Gasteiger partial charge in [0.2, 0.25) is 0 Å². The van der Waals surface area contributed by atoms with E-state index in [0.717, 1.165) is 13.0 Å². The smallest absolute Gasteiger partial charge is 0.108 e. The molecule has 0 aliphatic rings. The molecule has 1 rings (SSSR count). The molecule has 1 N–H and O–H groups in total. The van der Waals surface area contributed by atoms with Crippen molar-refractivity contribution in [3.05, 3.63) is 18.2 Å². The largest absolute Gasteiger partial charge is 0.331 e. The Morgan fingerprint density at radius 3 is 2.71 bits per heavy atom. The van der Waals surface area contributed by atoms with Gasteiger partial charge in [-0.15, -0.1) is 0 Å². The maximum absolute atomic E-state index is 4.32. The fourth-order valence-corrected chi connectivity index (χ4v) is 1.52. The summed E-state index contributed by atoms with van der Waals surface area (Å²) in [6.07, 6.45) is 4.94. The molecule has 1 atom stereocenters. The monoisotopic (exact) mass is 195 g/mol. The lowest BCUT2D eigenvalue weighted by molar-refractivity contribution is 0.454. The summed E-state index contributed by atoms with van der Waals surface area (Å²) in [7, 11) is 0. The standard InChI is InChI=1S/C11H21N3/c1-5-11-12-6-7-14(11)10(4)8-13-9(2)3/h6-7,9-10,13H,5,8H2,1-4H3. The van der Waals surface area contributed by atoms with Crippen LogP contribution in [0.15, 0.2) is 12.4 Å². The van der Waals surface area contributed by atoms with E-state index in [1.807, 2.05) is 6.20 Å². The van der Waals surface area contributed by atoms with Gasteiger partial charge < -0.3 is 9.88 Å². The molecular weight excluding hydrogens is 174 g/mol. The molecule has 3 nitrogen and oxygen atoms in total. The van der Waals surface area contributed by atoms with Crippen LogP contribution in [0.1, 0.15) is 39.6 Å². The highest BCUT2D eigenvalue weighted by atomic mass is 15.1. The first-order chi connectivity index (χ1) is 6.65. The van der Waals surface area contributed by atoms with E-state index in [-0.39, 0.29) is 0 Å². The highest BCUT2D eigenvalue weighted by molar-refractivity contribution is 4.94. The van der Waals surface area contributed by atoms with Gasteiger partial charge in [0.1, 0.15) is 5.82 Å². The molecule has 1 aromatic heterocycles. The van der Waals surface area contributed by atoms with Crippen LogP contribution in [0.4, 0.5) is 0 Å². The number of nitrogens with one attached hydrogen (secondary N) is 1. The van der Waals surface area contributed by atoms with E-state index in [0.29, 0.717) is 12.1 Å². The summed E-state index contributed by atoms with van der Waals surface area (Å²) in [5.74, 6) is 1.17. The zero-order valence-electron chi connectivity index (χ0n) is 9.62. The summed E-state index contributed by atoms with van der Waals surface area (Å²) in [5.41, 5.74) is 0. The van der Waals surface area contributed by atoms with Gasteiger partial charge in [0.15, 0.2) is 0 Å². The van der Waals surface area contributed by atoms with Crippen molar-refractivity contribution >= 4 is 0 Å². The number of hydrogen-bond donors (Lipinski definition) is 1. The molecule has 3 heteroatoms. The second kappa shape index (κ2) is 5.15. The fourth-order valence-electron chi connectivity index (χ4n) is 1.52. The average molecular weight is 195 g/mol. The minimum Gasteiger partial charge on any atom is -0.331 e. The molecular formula is C11H21N3. The fraction of sp³-hybridized carbons (Fsp3) is 0.727. The van der Waals surface area contributed by atoms with Gasteiger partial charge in [0.25, 0.3) is 0 Å². The summed E-state index contributed by atoms with van der Waals surface area (Å²) in [4.78, 5) is 4.32. The number of hydrogen-bond acceptors (Lipinski definition) is 2. The van der Waals surface area contributed by atoms with Gasteiger partial charge in [-0.3, -0.25) is 0 Å². The maximum atomic E-state index is 4.32. The highest BCUT2D eigenvalue weighted by Gasteiger charge is 2.08. The molecule has 0 aliphatic carbocycles. The first-order valence-electron chi connectivity index (χ1n) is 5.40. The van der Waals surface area contributed by atoms with Gasteiger partial charge >= 0.3 is 0 Å². The van der Waals surface area contributed by atoms with Gasteiger partial charge in [-0.25, -0.2) is 4.98 Å². The molecule has 1 heterocycles. The van der Waals surface area contributed by atoms with Crippen LogP contribution in [-0.2, 0) is 6.42 Å². The Kier molecular flexibility index (Phi) is 4.14. The van der Waals surface area contributed by atoms with Crippen molar-refractivity contribution in [2.75, 3.05) is 6.54 Å². The van der Waals surface area contributed by atoms with E-state index in [2.05, 4.69) is 48.8 Å². The molecule has 0 bridgehead atoms. The van der Waals surface area contributed by atoms with Gasteiger partial charge in [-0.2, -0.15) is 0 Å². The van der Waals surface area contributed by atoms with Crippen molar-refractivity contribution in [2.24, 2.45) is 0 Å². The van der Waals surface area contributed by atoms with E-state index in [1.165, 1.54) is 5.82 Å². The van der Waals surface area contributed by atoms with Crippen LogP contribution in [-0.4, -0.2) is 22.1 Å². The quantitative estimate of drug-likeness (QED) is 0.779. The molecule has 1 unspecified atom stereocenters. The van der Waals surface area contributed by atoms with E-state index < -0.39 is 0 Å². The lowest BCUT2D eigenvalue weighted by Gasteiger charge is -2.18. The third-order valence-electron chi connectivity index (χ3n) is 2.36. The number of aromatic nitrogens is 2. The van der Waals surface area contributed by atoms with E-state index in [4.69, 9.17) is 0 Å². The minimum absolute atomic E-state index is 0.481. The summed E-state index contributed by atoms with van der Waals surface area (Å²) in [5, 5.41) is 3.44. The normalized spacial score (nSPS) is 13.5. The predicted octanol–water partition coefficient (Wildman–Crippen LogP) is 2.00. The lowest BCUT2D eigenvalue weighted by atomic mass is 10.3. The molecule has 0 saturated carbocycles. The average Bonchev–Trinajstić information content (AvgIpc) is 2.61. The van der Waals surface area contributed by atoms with Crippen molar-refractivity contribution in [1.29, 1.82) is 0 Å². The van der Waals surface area contributed by atoms with Gasteiger partial charge in [0.05, 0.1) is 0 Å². The number of nitrogens with zero attached hydrogens (tertiary/aromatic N) is 2. The Bertz CT molecular complexity index is 265. The minimum atomic E-state index is 0.481. The first-order valence-corrected chi connectivity index (χ1v) is 5.40. The molecule has 0 aromatic carbocycles. The van der Waals surface area contributed by atoms with Crippen LogP contribution in [0.2, 0.25) is 0 Å². The molecule has 0 fully saturated rings. The van der Waals surface area contributed by atoms with Gasteiger partial charge in [0, 0.05) is 37.4 Å². The Labute approximate surface area is 86.5 Å². The Morgan fingerprint density at radius 2 is 2.14 bits per heavy atom. The van der Waals surface area contributed by atoms with Crippen LogP contribution >= 0.6 is 0 Å². The van der Waals surface area contributed by atoms with Crippen molar-refractivity contribution in [2.45, 2.75) is 46.2 Å². The van der Waals surface area contributed by atoms with Crippen LogP contribution in [0.25, 0.3) is 0 Å². The van der Waals surface area contributed by atoms with Crippen molar-refractivity contribution < 1.29 is 0 Å². The Hall–Kier alpha value is -0.830. The SMILES string of the molecule is CCc1nccn1C(C)CNC(C)C. The first kappa shape index (κ1) is 11.2. The van der Waals surface area contributed by atoms with Gasteiger partial charge in [-0.1, -0.05) is 20.8 Å². The summed E-state index contributed by atoms with van der Waals surface area (Å²) in [6.45, 7) is 9.70. The zero-order valence-corrected chi connectivity index (χ0v) is 9.62. The summed E-state index contributed by atoms with van der Waals surface area (Å²) >= 11 is 0. The van der Waals surface area contributed by atoms with Crippen molar-refractivity contribution in [1.82, 2.24) is 14.9 Å². The van der Waals surface area contributed by atoms with Crippen LogP contribution < -0.4 is 5.32 Å². The molecule has 0 radical (unpaired) electrons. The van der Waals surface area contributed by atoms with Crippen LogP contribution in [0, 0.1) is 0 Å². The number of aryl methyl sites for hydroxylation is 1. The predicted molar refractivity (Wildman–Crippen MR) is 59.5 cm³/mol. The molecule has 0 saturated heterocycles. The lowest BCUT2D eigenvalue weighted by Crippen LogP contribution is -2.29. The third kappa shape index (κ3) is 2.84. The van der Waals surface area contributed by atoms with E-state index in [9.17, 15) is 0 Å². The molecule has 0 aliphatic heterocycles. The molecule has 14 heavy (non-hydrogen) atoms. The molecule has 0 spiro atoms. The summed E-state index contributed by atoms with van der Waals surface area (Å²) in [6, 6.07) is 1.03.